The lowest BCUT2D eigenvalue weighted by Gasteiger charge is -2.19. The van der Waals surface area contributed by atoms with Crippen LogP contribution < -0.4 is 10.1 Å². The largest absolute Gasteiger partial charge is 0.491 e. The van der Waals surface area contributed by atoms with Gasteiger partial charge in [0, 0.05) is 18.0 Å². The highest BCUT2D eigenvalue weighted by molar-refractivity contribution is 6.07. The van der Waals surface area contributed by atoms with Gasteiger partial charge in [-0.25, -0.2) is 13.2 Å². The van der Waals surface area contributed by atoms with E-state index in [9.17, 15) is 22.8 Å². The number of rotatable bonds is 7. The number of hydrogen-bond acceptors (Lipinski definition) is 7. The normalized spacial score (nSPS) is 24.4. The molecule has 36 heavy (non-hydrogen) atoms. The fourth-order valence-electron chi connectivity index (χ4n) is 4.32. The molecule has 0 saturated carbocycles. The van der Waals surface area contributed by atoms with Crippen molar-refractivity contribution in [1.29, 1.82) is 5.26 Å². The molecule has 0 radical (unpaired) electrons. The molecule has 2 aliphatic rings. The number of aromatic nitrogens is 1. The van der Waals surface area contributed by atoms with Gasteiger partial charge in [0.05, 0.1) is 30.2 Å². The molecule has 2 aromatic rings. The van der Waals surface area contributed by atoms with E-state index in [4.69, 9.17) is 19.5 Å². The minimum absolute atomic E-state index is 0.0142. The van der Waals surface area contributed by atoms with Crippen LogP contribution in [0.3, 0.4) is 0 Å². The van der Waals surface area contributed by atoms with Crippen LogP contribution >= 0.6 is 0 Å². The molecule has 9 nitrogen and oxygen atoms in total. The summed E-state index contributed by atoms with van der Waals surface area (Å²) in [6.07, 6.45) is -0.706. The maximum atomic E-state index is 13.6. The quantitative estimate of drug-likeness (QED) is 0.614. The molecule has 2 fully saturated rings. The Morgan fingerprint density at radius 2 is 2.03 bits per heavy atom. The summed E-state index contributed by atoms with van der Waals surface area (Å²) in [5.74, 6) is -5.10. The van der Waals surface area contributed by atoms with Crippen LogP contribution in [0.2, 0.25) is 0 Å². The Bertz CT molecular complexity index is 1200. The number of pyridine rings is 1. The lowest BCUT2D eigenvalue weighted by molar-refractivity contribution is -0.149. The number of nitrogens with one attached hydrogen (secondary N) is 1. The topological polar surface area (TPSA) is 114 Å². The predicted octanol–water partition coefficient (Wildman–Crippen LogP) is 2.59. The van der Waals surface area contributed by atoms with Gasteiger partial charge in [0.25, 0.3) is 11.8 Å². The molecule has 0 bridgehead atoms. The molecule has 1 aromatic carbocycles. The molecule has 1 N–H and O–H groups in total. The molecule has 2 amide bonds. The molecule has 4 rings (SSSR count). The van der Waals surface area contributed by atoms with Gasteiger partial charge in [0.1, 0.15) is 37.3 Å². The monoisotopic (exact) mass is 506 g/mol. The molecule has 3 heterocycles. The number of carbonyl (C=O) groups is 2. The van der Waals surface area contributed by atoms with Crippen molar-refractivity contribution in [2.45, 2.75) is 50.2 Å². The smallest absolute Gasteiger partial charge is 0.268 e. The van der Waals surface area contributed by atoms with Crippen LogP contribution in [-0.4, -0.2) is 78.0 Å². The fourth-order valence-corrected chi connectivity index (χ4v) is 4.32. The van der Waals surface area contributed by atoms with Gasteiger partial charge >= 0.3 is 0 Å². The number of benzene rings is 1. The van der Waals surface area contributed by atoms with Crippen LogP contribution in [0.1, 0.15) is 30.6 Å². The number of carbonyl (C=O) groups excluding carboxylic acids is 2. The third kappa shape index (κ3) is 5.52. The van der Waals surface area contributed by atoms with Gasteiger partial charge in [0.2, 0.25) is 5.91 Å². The molecule has 2 aliphatic heterocycles. The van der Waals surface area contributed by atoms with Crippen molar-refractivity contribution in [2.24, 2.45) is 0 Å². The second kappa shape index (κ2) is 9.91. The third-order valence-electron chi connectivity index (χ3n) is 5.95. The Morgan fingerprint density at radius 1 is 1.28 bits per heavy atom. The summed E-state index contributed by atoms with van der Waals surface area (Å²) in [5, 5.41) is 11.9. The van der Waals surface area contributed by atoms with E-state index < -0.39 is 68.0 Å². The molecule has 12 heteroatoms. The summed E-state index contributed by atoms with van der Waals surface area (Å²) >= 11 is 0. The zero-order valence-electron chi connectivity index (χ0n) is 19.7. The number of nitriles is 1. The summed E-state index contributed by atoms with van der Waals surface area (Å²) in [6.45, 7) is 1.24. The van der Waals surface area contributed by atoms with Crippen LogP contribution in [0.15, 0.2) is 30.5 Å². The minimum atomic E-state index is -3.15. The molecular formula is C24H25F3N4O5. The van der Waals surface area contributed by atoms with E-state index in [0.29, 0.717) is 16.7 Å². The summed E-state index contributed by atoms with van der Waals surface area (Å²) in [7, 11) is 0. The highest BCUT2D eigenvalue weighted by atomic mass is 19.3. The first-order valence-electron chi connectivity index (χ1n) is 11.3. The molecular weight excluding hydrogens is 481 g/mol. The van der Waals surface area contributed by atoms with Crippen molar-refractivity contribution in [3.63, 3.8) is 0 Å². The average molecular weight is 506 g/mol. The number of halogens is 3. The molecule has 192 valence electrons. The Balaban J connectivity index is 1.44. The third-order valence-corrected chi connectivity index (χ3v) is 5.95. The number of likely N-dealkylation sites (tertiary alicyclic amines) is 1. The molecule has 1 aromatic heterocycles. The van der Waals surface area contributed by atoms with E-state index in [1.54, 1.807) is 38.1 Å². The lowest BCUT2D eigenvalue weighted by atomic mass is 10.1. The first-order chi connectivity index (χ1) is 17.0. The maximum Gasteiger partial charge on any atom is 0.268 e. The Labute approximate surface area is 205 Å². The van der Waals surface area contributed by atoms with E-state index in [0.717, 1.165) is 4.90 Å². The van der Waals surface area contributed by atoms with Crippen LogP contribution in [0.25, 0.3) is 10.9 Å². The molecule has 3 atom stereocenters. The van der Waals surface area contributed by atoms with Gasteiger partial charge in [0.15, 0.2) is 5.79 Å². The van der Waals surface area contributed by atoms with Gasteiger partial charge in [-0.3, -0.25) is 14.6 Å². The highest BCUT2D eigenvalue weighted by Crippen LogP contribution is 2.32. The predicted molar refractivity (Wildman–Crippen MR) is 120 cm³/mol. The number of hydrogen-bond donors (Lipinski definition) is 1. The Kier molecular flexibility index (Phi) is 7.06. The summed E-state index contributed by atoms with van der Waals surface area (Å²) in [6, 6.07) is 6.76. The first kappa shape index (κ1) is 25.7. The number of alkyl halides is 3. The average Bonchev–Trinajstić information content (AvgIpc) is 3.34. The number of fused-ring (bicyclic) bond motifs is 1. The van der Waals surface area contributed by atoms with Crippen molar-refractivity contribution >= 4 is 22.7 Å². The van der Waals surface area contributed by atoms with Gasteiger partial charge in [-0.15, -0.1) is 0 Å². The fraction of sp³-hybridized carbons (Fsp3) is 0.500. The SMILES string of the molecule is CC1(C)O[C@@H](CF)[C@H](COc2ccc3nccc(C(=O)NCC(=O)N4CC(F)(F)C[C@H]4C#N)c3c2)O1. The van der Waals surface area contributed by atoms with E-state index in [1.165, 1.54) is 12.3 Å². The second-order valence-electron chi connectivity index (χ2n) is 9.12. The van der Waals surface area contributed by atoms with Gasteiger partial charge in [-0.1, -0.05) is 0 Å². The zero-order valence-corrected chi connectivity index (χ0v) is 19.7. The van der Waals surface area contributed by atoms with Crippen molar-refractivity contribution < 1.29 is 37.0 Å². The Morgan fingerprint density at radius 3 is 2.75 bits per heavy atom. The maximum absolute atomic E-state index is 13.6. The minimum Gasteiger partial charge on any atom is -0.491 e. The zero-order chi connectivity index (χ0) is 26.1. The van der Waals surface area contributed by atoms with Gasteiger partial charge < -0.3 is 24.4 Å². The van der Waals surface area contributed by atoms with Crippen LogP contribution in [0.4, 0.5) is 13.2 Å². The molecule has 2 saturated heterocycles. The van der Waals surface area contributed by atoms with E-state index >= 15 is 0 Å². The van der Waals surface area contributed by atoms with Crippen molar-refractivity contribution in [3.05, 3.63) is 36.0 Å². The Hall–Kier alpha value is -3.43. The summed E-state index contributed by atoms with van der Waals surface area (Å²) < 4.78 is 57.5. The van der Waals surface area contributed by atoms with E-state index in [-0.39, 0.29) is 12.2 Å². The van der Waals surface area contributed by atoms with Gasteiger partial charge in [-0.2, -0.15) is 5.26 Å². The number of amides is 2. The molecule has 0 spiro atoms. The number of nitrogens with zero attached hydrogens (tertiary/aromatic N) is 3. The van der Waals surface area contributed by atoms with Crippen molar-refractivity contribution in [3.8, 4) is 11.8 Å². The van der Waals surface area contributed by atoms with Crippen LogP contribution in [0, 0.1) is 11.3 Å². The van der Waals surface area contributed by atoms with Crippen LogP contribution in [-0.2, 0) is 14.3 Å². The first-order valence-corrected chi connectivity index (χ1v) is 11.3. The standard InChI is InChI=1S/C24H25F3N4O5/c1-23(2)35-19(9-25)20(36-23)12-34-15-3-4-18-17(7-15)16(5-6-29-18)22(33)30-11-21(32)31-13-24(26,27)8-14(31)10-28/h3-7,14,19-20H,8-9,11-13H2,1-2H3,(H,30,33)/t14-,19-,20-/m0/s1. The van der Waals surface area contributed by atoms with Gasteiger partial charge in [-0.05, 0) is 38.1 Å². The van der Waals surface area contributed by atoms with E-state index in [2.05, 4.69) is 10.3 Å². The summed E-state index contributed by atoms with van der Waals surface area (Å²) in [5.41, 5.74) is 0.665. The molecule has 0 aliphatic carbocycles. The second-order valence-corrected chi connectivity index (χ2v) is 9.12. The lowest BCUT2D eigenvalue weighted by Crippen LogP contribution is -2.43. The highest BCUT2D eigenvalue weighted by Gasteiger charge is 2.47. The molecule has 0 unspecified atom stereocenters. The van der Waals surface area contributed by atoms with Crippen molar-refractivity contribution in [1.82, 2.24) is 15.2 Å². The van der Waals surface area contributed by atoms with E-state index in [1.807, 2.05) is 0 Å². The van der Waals surface area contributed by atoms with Crippen LogP contribution in [0.5, 0.6) is 5.75 Å². The van der Waals surface area contributed by atoms with Crippen molar-refractivity contribution in [2.75, 3.05) is 26.4 Å². The summed E-state index contributed by atoms with van der Waals surface area (Å²) in [4.78, 5) is 30.2. The number of ether oxygens (including phenoxy) is 3.